The smallest absolute Gasteiger partial charge is 0.226 e. The van der Waals surface area contributed by atoms with Gasteiger partial charge in [-0.3, -0.25) is 9.48 Å². The van der Waals surface area contributed by atoms with Crippen LogP contribution in [0.15, 0.2) is 36.7 Å². The summed E-state index contributed by atoms with van der Waals surface area (Å²) in [6.45, 7) is 6.76. The van der Waals surface area contributed by atoms with Crippen molar-refractivity contribution in [3.05, 3.63) is 59.0 Å². The van der Waals surface area contributed by atoms with E-state index in [4.69, 9.17) is 4.74 Å². The molecule has 146 valence electrons. The minimum Gasteiger partial charge on any atom is -0.496 e. The highest BCUT2D eigenvalue weighted by Crippen LogP contribution is 2.41. The number of rotatable bonds is 5. The van der Waals surface area contributed by atoms with Crippen LogP contribution in [0, 0.1) is 6.92 Å². The van der Waals surface area contributed by atoms with Crippen LogP contribution in [-0.2, 0) is 11.3 Å². The maximum absolute atomic E-state index is 12.5. The van der Waals surface area contributed by atoms with Gasteiger partial charge in [0.15, 0.2) is 0 Å². The monoisotopic (exact) mass is 379 g/mol. The van der Waals surface area contributed by atoms with Crippen LogP contribution in [-0.4, -0.2) is 32.6 Å². The van der Waals surface area contributed by atoms with Crippen molar-refractivity contribution in [3.63, 3.8) is 0 Å². The summed E-state index contributed by atoms with van der Waals surface area (Å²) in [4.78, 5) is 12.5. The summed E-state index contributed by atoms with van der Waals surface area (Å²) in [6, 6.07) is 8.22. The molecule has 1 aromatic carbocycles. The normalized spacial score (nSPS) is 16.2. The van der Waals surface area contributed by atoms with Crippen molar-refractivity contribution in [2.24, 2.45) is 0 Å². The third-order valence-corrected chi connectivity index (χ3v) is 5.22. The third kappa shape index (κ3) is 3.17. The number of methoxy groups -OCH3 is 1. The standard InChI is InChI=1S/C21H25N5O2/c1-13(2)26-21-20(14(3)24-26)17(11-19(27)23-21)15-6-7-18(28-4)16(10-15)12-25-9-5-8-22-25/h5-10,13,17H,11-12H2,1-4H3,(H,23,27). The number of nitrogens with zero attached hydrogens (tertiary/aromatic N) is 4. The van der Waals surface area contributed by atoms with Gasteiger partial charge in [-0.2, -0.15) is 10.2 Å². The van der Waals surface area contributed by atoms with E-state index in [1.165, 1.54) is 0 Å². The molecule has 0 bridgehead atoms. The molecule has 0 saturated heterocycles. The Kier molecular flexibility index (Phi) is 4.66. The second kappa shape index (κ2) is 7.14. The first kappa shape index (κ1) is 18.3. The molecule has 0 radical (unpaired) electrons. The minimum absolute atomic E-state index is 0.0174. The molecule has 1 atom stereocenters. The number of benzene rings is 1. The zero-order valence-corrected chi connectivity index (χ0v) is 16.6. The zero-order chi connectivity index (χ0) is 19.8. The Labute approximate surface area is 164 Å². The molecule has 0 aliphatic carbocycles. The van der Waals surface area contributed by atoms with E-state index < -0.39 is 0 Å². The molecule has 7 heteroatoms. The number of carbonyl (C=O) groups excluding carboxylic acids is 1. The predicted octanol–water partition coefficient (Wildman–Crippen LogP) is 3.50. The second-order valence-corrected chi connectivity index (χ2v) is 7.47. The van der Waals surface area contributed by atoms with Crippen molar-refractivity contribution in [2.75, 3.05) is 12.4 Å². The number of hydrogen-bond acceptors (Lipinski definition) is 4. The fraction of sp³-hybridized carbons (Fsp3) is 0.381. The van der Waals surface area contributed by atoms with Gasteiger partial charge in [0.05, 0.1) is 19.3 Å². The van der Waals surface area contributed by atoms with Crippen molar-refractivity contribution >= 4 is 11.7 Å². The Bertz CT molecular complexity index is 1000. The van der Waals surface area contributed by atoms with Crippen LogP contribution in [0.5, 0.6) is 5.75 Å². The van der Waals surface area contributed by atoms with E-state index in [1.54, 1.807) is 13.3 Å². The Balaban J connectivity index is 1.78. The lowest BCUT2D eigenvalue weighted by molar-refractivity contribution is -0.116. The van der Waals surface area contributed by atoms with E-state index in [0.29, 0.717) is 13.0 Å². The average molecular weight is 379 g/mol. The van der Waals surface area contributed by atoms with Gasteiger partial charge in [-0.15, -0.1) is 0 Å². The number of aromatic nitrogens is 4. The van der Waals surface area contributed by atoms with Crippen molar-refractivity contribution in [1.82, 2.24) is 19.6 Å². The summed E-state index contributed by atoms with van der Waals surface area (Å²) < 4.78 is 9.32. The molecule has 7 nitrogen and oxygen atoms in total. The number of fused-ring (bicyclic) bond motifs is 1. The molecule has 3 heterocycles. The van der Waals surface area contributed by atoms with Gasteiger partial charge in [0.25, 0.3) is 0 Å². The van der Waals surface area contributed by atoms with E-state index in [9.17, 15) is 4.79 Å². The van der Waals surface area contributed by atoms with Gasteiger partial charge in [-0.1, -0.05) is 6.07 Å². The SMILES string of the molecule is COc1ccc(C2CC(=O)Nc3c2c(C)nn3C(C)C)cc1Cn1cccn1. The first-order valence-corrected chi connectivity index (χ1v) is 9.51. The molecule has 4 rings (SSSR count). The highest BCUT2D eigenvalue weighted by molar-refractivity contribution is 5.94. The summed E-state index contributed by atoms with van der Waals surface area (Å²) in [5.41, 5.74) is 4.18. The molecular formula is C21H25N5O2. The Morgan fingerprint density at radius 2 is 2.18 bits per heavy atom. The number of amides is 1. The van der Waals surface area contributed by atoms with Crippen LogP contribution in [0.25, 0.3) is 0 Å². The predicted molar refractivity (Wildman–Crippen MR) is 107 cm³/mol. The summed E-state index contributed by atoms with van der Waals surface area (Å²) in [6.07, 6.45) is 4.10. The van der Waals surface area contributed by atoms with Gasteiger partial charge >= 0.3 is 0 Å². The van der Waals surface area contributed by atoms with Crippen molar-refractivity contribution in [3.8, 4) is 5.75 Å². The van der Waals surface area contributed by atoms with E-state index >= 15 is 0 Å². The van der Waals surface area contributed by atoms with Gasteiger partial charge in [-0.05, 0) is 44.5 Å². The molecule has 1 unspecified atom stereocenters. The van der Waals surface area contributed by atoms with Crippen molar-refractivity contribution in [2.45, 2.75) is 45.7 Å². The fourth-order valence-corrected chi connectivity index (χ4v) is 3.94. The molecule has 1 N–H and O–H groups in total. The van der Waals surface area contributed by atoms with Gasteiger partial charge in [0, 0.05) is 41.9 Å². The highest BCUT2D eigenvalue weighted by atomic mass is 16.5. The Hall–Kier alpha value is -3.09. The maximum atomic E-state index is 12.5. The van der Waals surface area contributed by atoms with Gasteiger partial charge in [-0.25, -0.2) is 4.68 Å². The van der Waals surface area contributed by atoms with Crippen LogP contribution in [0.3, 0.4) is 0 Å². The molecule has 1 amide bonds. The molecule has 0 fully saturated rings. The lowest BCUT2D eigenvalue weighted by Crippen LogP contribution is -2.25. The molecule has 0 saturated carbocycles. The van der Waals surface area contributed by atoms with Crippen molar-refractivity contribution < 1.29 is 9.53 Å². The van der Waals surface area contributed by atoms with Crippen LogP contribution in [0.1, 0.15) is 54.6 Å². The van der Waals surface area contributed by atoms with Crippen molar-refractivity contribution in [1.29, 1.82) is 0 Å². The highest BCUT2D eigenvalue weighted by Gasteiger charge is 2.33. The lowest BCUT2D eigenvalue weighted by atomic mass is 9.85. The number of aryl methyl sites for hydroxylation is 1. The number of nitrogens with one attached hydrogen (secondary N) is 1. The molecule has 28 heavy (non-hydrogen) atoms. The number of ether oxygens (including phenoxy) is 1. The van der Waals surface area contributed by atoms with Crippen LogP contribution in [0.4, 0.5) is 5.82 Å². The topological polar surface area (TPSA) is 74.0 Å². The van der Waals surface area contributed by atoms with Gasteiger partial charge < -0.3 is 10.1 Å². The van der Waals surface area contributed by atoms with Crippen LogP contribution < -0.4 is 10.1 Å². The second-order valence-electron chi connectivity index (χ2n) is 7.47. The fourth-order valence-electron chi connectivity index (χ4n) is 3.94. The van der Waals surface area contributed by atoms with Gasteiger partial charge in [0.1, 0.15) is 11.6 Å². The average Bonchev–Trinajstić information content (AvgIpc) is 3.29. The van der Waals surface area contributed by atoms with E-state index in [0.717, 1.165) is 34.0 Å². The number of anilines is 1. The number of hydrogen-bond donors (Lipinski definition) is 1. The maximum Gasteiger partial charge on any atom is 0.226 e. The quantitative estimate of drug-likeness (QED) is 0.736. The molecule has 0 spiro atoms. The summed E-state index contributed by atoms with van der Waals surface area (Å²) in [5, 5.41) is 12.0. The molecule has 1 aliphatic rings. The Morgan fingerprint density at radius 1 is 1.36 bits per heavy atom. The van der Waals surface area contributed by atoms with E-state index in [2.05, 4.69) is 35.4 Å². The van der Waals surface area contributed by atoms with Crippen LogP contribution in [0.2, 0.25) is 0 Å². The summed E-state index contributed by atoms with van der Waals surface area (Å²) in [7, 11) is 1.67. The third-order valence-electron chi connectivity index (χ3n) is 5.22. The van der Waals surface area contributed by atoms with E-state index in [-0.39, 0.29) is 17.9 Å². The zero-order valence-electron chi connectivity index (χ0n) is 16.6. The first-order chi connectivity index (χ1) is 13.5. The largest absolute Gasteiger partial charge is 0.496 e. The molecule has 2 aromatic heterocycles. The number of carbonyl (C=O) groups is 1. The molecular weight excluding hydrogens is 354 g/mol. The van der Waals surface area contributed by atoms with Gasteiger partial charge in [0.2, 0.25) is 5.91 Å². The minimum atomic E-state index is -0.0291. The first-order valence-electron chi connectivity index (χ1n) is 9.51. The summed E-state index contributed by atoms with van der Waals surface area (Å²) in [5.74, 6) is 1.62. The Morgan fingerprint density at radius 3 is 2.86 bits per heavy atom. The van der Waals surface area contributed by atoms with E-state index in [1.807, 2.05) is 40.7 Å². The van der Waals surface area contributed by atoms with Crippen LogP contribution >= 0.6 is 0 Å². The lowest BCUT2D eigenvalue weighted by Gasteiger charge is -2.26. The molecule has 1 aliphatic heterocycles. The molecule has 3 aromatic rings. The summed E-state index contributed by atoms with van der Waals surface area (Å²) >= 11 is 0.